The van der Waals surface area contributed by atoms with Gasteiger partial charge in [-0.3, -0.25) is 4.79 Å². The number of carbonyl (C=O) groups is 1. The number of halogens is 1. The second-order valence-electron chi connectivity index (χ2n) is 7.98. The Morgan fingerprint density at radius 3 is 2.35 bits per heavy atom. The molecule has 0 spiro atoms. The molecular formula is C25H27ClN4O3S. The summed E-state index contributed by atoms with van der Waals surface area (Å²) in [6, 6.07) is 20.2. The van der Waals surface area contributed by atoms with Gasteiger partial charge in [0.1, 0.15) is 0 Å². The summed E-state index contributed by atoms with van der Waals surface area (Å²) in [4.78, 5) is 17.3. The van der Waals surface area contributed by atoms with Crippen molar-refractivity contribution < 1.29 is 13.2 Å². The molecule has 0 atom stereocenters. The lowest BCUT2D eigenvalue weighted by molar-refractivity contribution is -0.117. The van der Waals surface area contributed by atoms with Crippen molar-refractivity contribution in [2.45, 2.75) is 26.2 Å². The van der Waals surface area contributed by atoms with Gasteiger partial charge in [-0.1, -0.05) is 31.5 Å². The van der Waals surface area contributed by atoms with E-state index < -0.39 is 15.9 Å². The molecule has 0 aliphatic carbocycles. The Morgan fingerprint density at radius 2 is 1.68 bits per heavy atom. The highest BCUT2D eigenvalue weighted by atomic mass is 35.5. The molecule has 0 unspecified atom stereocenters. The largest absolute Gasteiger partial charge is 0.399 e. The first-order chi connectivity index (χ1) is 15.8. The van der Waals surface area contributed by atoms with Gasteiger partial charge in [0.05, 0.1) is 28.7 Å². The Bertz CT molecular complexity index is 1440. The number of anilines is 4. The number of nitrogens with two attached hydrogens (primary N) is 1. The van der Waals surface area contributed by atoms with Crippen molar-refractivity contribution in [1.29, 1.82) is 0 Å². The Morgan fingerprint density at radius 1 is 1.00 bits per heavy atom. The van der Waals surface area contributed by atoms with Gasteiger partial charge in [0.15, 0.2) is 0 Å². The van der Waals surface area contributed by atoms with Crippen LogP contribution in [0.3, 0.4) is 0 Å². The highest BCUT2D eigenvalue weighted by molar-refractivity contribution is 7.92. The summed E-state index contributed by atoms with van der Waals surface area (Å²) in [6.07, 6.45) is 2.68. The van der Waals surface area contributed by atoms with E-state index in [1.54, 1.807) is 24.3 Å². The van der Waals surface area contributed by atoms with Crippen molar-refractivity contribution in [3.05, 3.63) is 66.7 Å². The number of amides is 1. The zero-order chi connectivity index (χ0) is 23.6. The fourth-order valence-corrected chi connectivity index (χ4v) is 4.78. The molecule has 0 saturated heterocycles. The first-order valence-corrected chi connectivity index (χ1v) is 12.6. The van der Waals surface area contributed by atoms with E-state index in [1.165, 1.54) is 0 Å². The summed E-state index contributed by atoms with van der Waals surface area (Å²) in [5.74, 6) is -0.427. The van der Waals surface area contributed by atoms with Crippen LogP contribution in [0.1, 0.15) is 26.2 Å². The van der Waals surface area contributed by atoms with Crippen LogP contribution in [0.15, 0.2) is 66.7 Å². The number of sulfonamides is 1. The first-order valence-electron chi connectivity index (χ1n) is 10.8. The van der Waals surface area contributed by atoms with Crippen molar-refractivity contribution in [2.24, 2.45) is 0 Å². The molecule has 0 saturated carbocycles. The van der Waals surface area contributed by atoms with Crippen LogP contribution in [0.4, 0.5) is 22.7 Å². The summed E-state index contributed by atoms with van der Waals surface area (Å²) >= 11 is 0. The highest BCUT2D eigenvalue weighted by Crippen LogP contribution is 2.34. The van der Waals surface area contributed by atoms with Gasteiger partial charge < -0.3 is 11.1 Å². The minimum absolute atomic E-state index is 0. The predicted octanol–water partition coefficient (Wildman–Crippen LogP) is 5.62. The van der Waals surface area contributed by atoms with Crippen LogP contribution in [0, 0.1) is 0 Å². The third kappa shape index (κ3) is 5.24. The zero-order valence-corrected chi connectivity index (χ0v) is 20.6. The quantitative estimate of drug-likeness (QED) is 0.253. The Hall–Kier alpha value is -3.36. The summed E-state index contributed by atoms with van der Waals surface area (Å²) in [6.45, 7) is 1.96. The maximum atomic E-state index is 12.6. The molecule has 0 bridgehead atoms. The number of aromatic nitrogens is 1. The number of para-hydroxylation sites is 1. The van der Waals surface area contributed by atoms with Gasteiger partial charge in [-0.2, -0.15) is 0 Å². The van der Waals surface area contributed by atoms with Gasteiger partial charge in [-0.25, -0.2) is 17.7 Å². The molecule has 0 aliphatic heterocycles. The summed E-state index contributed by atoms with van der Waals surface area (Å²) in [5.41, 5.74) is 10.2. The molecule has 9 heteroatoms. The molecule has 0 radical (unpaired) electrons. The fraction of sp³-hybridized carbons (Fsp3) is 0.200. The van der Waals surface area contributed by atoms with E-state index in [0.29, 0.717) is 17.8 Å². The topological polar surface area (TPSA) is 105 Å². The Kier molecular flexibility index (Phi) is 7.64. The van der Waals surface area contributed by atoms with E-state index in [1.807, 2.05) is 49.4 Å². The molecule has 4 rings (SSSR count). The SMILES string of the molecule is CCCCC(=O)N(c1ccc(Nc2c3ccccc3nc3cc(N)ccc23)cc1)S(C)(=O)=O.Cl. The lowest BCUT2D eigenvalue weighted by Crippen LogP contribution is -2.35. The molecule has 1 amide bonds. The third-order valence-corrected chi connectivity index (χ3v) is 6.46. The van der Waals surface area contributed by atoms with Crippen LogP contribution < -0.4 is 15.4 Å². The number of rotatable bonds is 7. The molecule has 1 heterocycles. The molecule has 34 heavy (non-hydrogen) atoms. The Labute approximate surface area is 205 Å². The van der Waals surface area contributed by atoms with E-state index in [2.05, 4.69) is 5.32 Å². The van der Waals surface area contributed by atoms with E-state index in [0.717, 1.165) is 50.2 Å². The summed E-state index contributed by atoms with van der Waals surface area (Å²) < 4.78 is 25.5. The molecular weight excluding hydrogens is 472 g/mol. The second-order valence-corrected chi connectivity index (χ2v) is 9.81. The molecule has 0 aliphatic rings. The van der Waals surface area contributed by atoms with E-state index >= 15 is 0 Å². The monoisotopic (exact) mass is 498 g/mol. The van der Waals surface area contributed by atoms with Crippen molar-refractivity contribution >= 4 is 72.9 Å². The minimum Gasteiger partial charge on any atom is -0.399 e. The predicted molar refractivity (Wildman–Crippen MR) is 142 cm³/mol. The van der Waals surface area contributed by atoms with Crippen LogP contribution in [0.2, 0.25) is 0 Å². The van der Waals surface area contributed by atoms with Crippen LogP contribution in [0.5, 0.6) is 0 Å². The summed E-state index contributed by atoms with van der Waals surface area (Å²) in [5, 5.41) is 5.31. The van der Waals surface area contributed by atoms with Gasteiger partial charge in [0.2, 0.25) is 15.9 Å². The van der Waals surface area contributed by atoms with E-state index in [-0.39, 0.29) is 18.8 Å². The number of nitrogens with one attached hydrogen (secondary N) is 1. The second kappa shape index (κ2) is 10.3. The lowest BCUT2D eigenvalue weighted by atomic mass is 10.1. The molecule has 0 fully saturated rings. The average molecular weight is 499 g/mol. The van der Waals surface area contributed by atoms with Gasteiger partial charge in [-0.15, -0.1) is 12.4 Å². The number of hydrogen-bond donors (Lipinski definition) is 2. The van der Waals surface area contributed by atoms with Crippen molar-refractivity contribution in [3.63, 3.8) is 0 Å². The summed E-state index contributed by atoms with van der Waals surface area (Å²) in [7, 11) is -3.74. The van der Waals surface area contributed by atoms with E-state index in [9.17, 15) is 13.2 Å². The lowest BCUT2D eigenvalue weighted by Gasteiger charge is -2.21. The Balaban J connectivity index is 0.00000324. The van der Waals surface area contributed by atoms with Gasteiger partial charge >= 0.3 is 0 Å². The number of hydrogen-bond acceptors (Lipinski definition) is 6. The zero-order valence-electron chi connectivity index (χ0n) is 19.0. The third-order valence-electron chi connectivity index (χ3n) is 5.38. The van der Waals surface area contributed by atoms with Gasteiger partial charge in [-0.05, 0) is 55.0 Å². The van der Waals surface area contributed by atoms with Crippen LogP contribution >= 0.6 is 12.4 Å². The number of carbonyl (C=O) groups excluding carboxylic acids is 1. The number of fused-ring (bicyclic) bond motifs is 2. The van der Waals surface area contributed by atoms with E-state index in [4.69, 9.17) is 10.7 Å². The van der Waals surface area contributed by atoms with Crippen molar-refractivity contribution in [2.75, 3.05) is 21.6 Å². The normalized spacial score (nSPS) is 11.2. The minimum atomic E-state index is -3.74. The molecule has 3 N–H and O–H groups in total. The molecule has 3 aromatic carbocycles. The maximum absolute atomic E-state index is 12.6. The van der Waals surface area contributed by atoms with Crippen LogP contribution in [0.25, 0.3) is 21.8 Å². The molecule has 7 nitrogen and oxygen atoms in total. The number of nitrogens with zero attached hydrogens (tertiary/aromatic N) is 2. The first kappa shape index (κ1) is 25.3. The smallest absolute Gasteiger partial charge is 0.240 e. The molecule has 1 aromatic heterocycles. The van der Waals surface area contributed by atoms with Gasteiger partial charge in [0.25, 0.3) is 0 Å². The molecule has 178 valence electrons. The number of unbranched alkanes of at least 4 members (excludes halogenated alkanes) is 1. The average Bonchev–Trinajstić information content (AvgIpc) is 2.77. The number of benzene rings is 3. The molecule has 4 aromatic rings. The maximum Gasteiger partial charge on any atom is 0.240 e. The number of pyridine rings is 1. The van der Waals surface area contributed by atoms with Crippen molar-refractivity contribution in [1.82, 2.24) is 4.98 Å². The van der Waals surface area contributed by atoms with Crippen molar-refractivity contribution in [3.8, 4) is 0 Å². The van der Waals surface area contributed by atoms with Crippen LogP contribution in [-0.4, -0.2) is 25.6 Å². The standard InChI is InChI=1S/C25H26N4O3S.ClH/c1-3-4-9-24(30)29(33(2,31)32)19-13-11-18(12-14-19)27-25-20-7-5-6-8-22(20)28-23-16-17(26)10-15-21(23)25;/h5-8,10-16H,3-4,9,26H2,1-2H3,(H,27,28);1H. The van der Waals surface area contributed by atoms with Crippen LogP contribution in [-0.2, 0) is 14.8 Å². The highest BCUT2D eigenvalue weighted by Gasteiger charge is 2.24. The number of nitrogen functional groups attached to an aromatic ring is 1. The van der Waals surface area contributed by atoms with Gasteiger partial charge in [0, 0.05) is 28.6 Å². The fourth-order valence-electron chi connectivity index (χ4n) is 3.82.